The second-order valence-corrected chi connectivity index (χ2v) is 7.55. The number of alkyl carbamates (subject to hydrolysis) is 1. The van der Waals surface area contributed by atoms with Crippen LogP contribution in [0.3, 0.4) is 0 Å². The molecule has 0 bridgehead atoms. The first-order chi connectivity index (χ1) is 11.8. The van der Waals surface area contributed by atoms with E-state index in [1.165, 1.54) is 0 Å². The second-order valence-electron chi connectivity index (χ2n) is 7.55. The number of aromatic amines is 1. The van der Waals surface area contributed by atoms with Crippen LogP contribution in [-0.4, -0.2) is 29.3 Å². The van der Waals surface area contributed by atoms with E-state index in [9.17, 15) is 9.59 Å². The Bertz CT molecular complexity index is 802. The maximum Gasteiger partial charge on any atom is 0.417 e. The van der Waals surface area contributed by atoms with Crippen molar-refractivity contribution in [3.63, 3.8) is 0 Å². The summed E-state index contributed by atoms with van der Waals surface area (Å²) in [5, 5.41) is 6.37. The lowest BCUT2D eigenvalue weighted by Crippen LogP contribution is -2.38. The highest BCUT2D eigenvalue weighted by Crippen LogP contribution is 2.29. The summed E-state index contributed by atoms with van der Waals surface area (Å²) in [5.41, 5.74) is 1.66. The molecular weight excluding hydrogens is 322 g/mol. The normalized spacial score (nSPS) is 20.6. The number of carbonyl (C=O) groups excluding carboxylic acids is 1. The van der Waals surface area contributed by atoms with Crippen molar-refractivity contribution < 1.29 is 13.9 Å². The predicted molar refractivity (Wildman–Crippen MR) is 95.8 cm³/mol. The van der Waals surface area contributed by atoms with Gasteiger partial charge in [0.05, 0.1) is 5.52 Å². The molecule has 1 aromatic heterocycles. The highest BCUT2D eigenvalue weighted by Gasteiger charge is 2.28. The van der Waals surface area contributed by atoms with Crippen molar-refractivity contribution in [3.8, 4) is 0 Å². The molecule has 1 aliphatic carbocycles. The number of benzene rings is 1. The van der Waals surface area contributed by atoms with Crippen molar-refractivity contribution in [2.24, 2.45) is 5.92 Å². The van der Waals surface area contributed by atoms with Crippen LogP contribution in [0, 0.1) is 5.92 Å². The van der Waals surface area contributed by atoms with E-state index in [4.69, 9.17) is 9.15 Å². The number of H-pyrrole nitrogens is 1. The maximum atomic E-state index is 11.8. The number of hydrogen-bond donors (Lipinski definition) is 3. The van der Waals surface area contributed by atoms with E-state index in [2.05, 4.69) is 15.6 Å². The summed E-state index contributed by atoms with van der Waals surface area (Å²) in [6, 6.07) is 5.82. The number of amides is 1. The first kappa shape index (κ1) is 17.4. The van der Waals surface area contributed by atoms with Crippen LogP contribution in [-0.2, 0) is 4.74 Å². The third-order valence-corrected chi connectivity index (χ3v) is 4.34. The average molecular weight is 347 g/mol. The Morgan fingerprint density at radius 3 is 2.92 bits per heavy atom. The van der Waals surface area contributed by atoms with Crippen molar-refractivity contribution in [3.05, 3.63) is 28.7 Å². The molecule has 0 radical (unpaired) electrons. The zero-order valence-electron chi connectivity index (χ0n) is 14.8. The minimum absolute atomic E-state index is 0.269. The molecule has 1 saturated carbocycles. The first-order valence-electron chi connectivity index (χ1n) is 8.66. The van der Waals surface area contributed by atoms with Gasteiger partial charge in [-0.1, -0.05) is 6.42 Å². The molecule has 0 spiro atoms. The predicted octanol–water partition coefficient (Wildman–Crippen LogP) is 3.23. The minimum atomic E-state index is -0.492. The van der Waals surface area contributed by atoms with Gasteiger partial charge in [-0.25, -0.2) is 9.59 Å². The number of anilines is 1. The number of rotatable bonds is 4. The Morgan fingerprint density at radius 1 is 1.36 bits per heavy atom. The van der Waals surface area contributed by atoms with Crippen molar-refractivity contribution in [1.29, 1.82) is 0 Å². The number of aromatic nitrogens is 1. The third-order valence-electron chi connectivity index (χ3n) is 4.34. The Morgan fingerprint density at radius 2 is 2.16 bits per heavy atom. The molecular formula is C18H25N3O4. The van der Waals surface area contributed by atoms with Crippen molar-refractivity contribution in [2.75, 3.05) is 11.9 Å². The monoisotopic (exact) mass is 347 g/mol. The van der Waals surface area contributed by atoms with Gasteiger partial charge in [0.2, 0.25) is 0 Å². The van der Waals surface area contributed by atoms with Gasteiger partial charge < -0.3 is 19.8 Å². The van der Waals surface area contributed by atoms with Crippen LogP contribution in [0.4, 0.5) is 10.5 Å². The van der Waals surface area contributed by atoms with Gasteiger partial charge in [-0.15, -0.1) is 0 Å². The molecule has 1 amide bonds. The molecule has 1 fully saturated rings. The molecule has 3 N–H and O–H groups in total. The molecule has 1 heterocycles. The molecule has 1 aliphatic rings. The summed E-state index contributed by atoms with van der Waals surface area (Å²) in [5.74, 6) is -0.112. The fourth-order valence-electron chi connectivity index (χ4n) is 3.26. The van der Waals surface area contributed by atoms with Crippen LogP contribution in [0.1, 0.15) is 40.0 Å². The molecule has 3 rings (SSSR count). The summed E-state index contributed by atoms with van der Waals surface area (Å²) in [6.45, 7) is 6.13. The number of carbonyl (C=O) groups is 1. The van der Waals surface area contributed by atoms with Gasteiger partial charge in [-0.3, -0.25) is 4.98 Å². The smallest absolute Gasteiger partial charge is 0.417 e. The van der Waals surface area contributed by atoms with E-state index in [1.807, 2.05) is 32.9 Å². The zero-order valence-corrected chi connectivity index (χ0v) is 14.8. The van der Waals surface area contributed by atoms with Crippen molar-refractivity contribution in [2.45, 2.75) is 51.7 Å². The van der Waals surface area contributed by atoms with E-state index >= 15 is 0 Å². The van der Waals surface area contributed by atoms with Gasteiger partial charge >= 0.3 is 11.8 Å². The number of hydrogen-bond acceptors (Lipinski definition) is 5. The number of nitrogens with one attached hydrogen (secondary N) is 3. The Labute approximate surface area is 146 Å². The highest BCUT2D eigenvalue weighted by atomic mass is 16.6. The molecule has 7 nitrogen and oxygen atoms in total. The van der Waals surface area contributed by atoms with E-state index in [0.717, 1.165) is 24.9 Å². The van der Waals surface area contributed by atoms with Crippen LogP contribution in [0.15, 0.2) is 27.4 Å². The minimum Gasteiger partial charge on any atom is -0.444 e. The van der Waals surface area contributed by atoms with Gasteiger partial charge in [0, 0.05) is 18.3 Å². The molecule has 25 heavy (non-hydrogen) atoms. The summed E-state index contributed by atoms with van der Waals surface area (Å²) in [7, 11) is 0. The second kappa shape index (κ2) is 6.82. The zero-order chi connectivity index (χ0) is 18.0. The summed E-state index contributed by atoms with van der Waals surface area (Å²) in [4.78, 5) is 25.7. The van der Waals surface area contributed by atoms with Crippen LogP contribution in [0.2, 0.25) is 0 Å². The molecule has 2 unspecified atom stereocenters. The summed E-state index contributed by atoms with van der Waals surface area (Å²) >= 11 is 0. The highest BCUT2D eigenvalue weighted by molar-refractivity contribution is 5.76. The SMILES string of the molecule is CC(C)(C)OC(=O)NCC1CCCC1Nc1ccc2oc(=O)[nH]c2c1. The van der Waals surface area contributed by atoms with Gasteiger partial charge in [0.15, 0.2) is 5.58 Å². The largest absolute Gasteiger partial charge is 0.444 e. The standard InChI is InChI=1S/C18H25N3O4/c1-18(2,3)25-16(22)19-10-11-5-4-6-13(11)20-12-7-8-15-14(9-12)21-17(23)24-15/h7-9,11,13,20H,4-6,10H2,1-3H3,(H,19,22)(H,21,23). The molecule has 136 valence electrons. The Hall–Kier alpha value is -2.44. The van der Waals surface area contributed by atoms with Crippen LogP contribution in [0.5, 0.6) is 0 Å². The Kier molecular flexibility index (Phi) is 4.74. The van der Waals surface area contributed by atoms with E-state index in [1.54, 1.807) is 6.07 Å². The maximum absolute atomic E-state index is 11.8. The van der Waals surface area contributed by atoms with E-state index < -0.39 is 11.4 Å². The van der Waals surface area contributed by atoms with Crippen molar-refractivity contribution in [1.82, 2.24) is 10.3 Å². The third kappa shape index (κ3) is 4.55. The van der Waals surface area contributed by atoms with E-state index in [0.29, 0.717) is 23.6 Å². The number of oxazole rings is 1. The van der Waals surface area contributed by atoms with Gasteiger partial charge in [-0.05, 0) is 57.7 Å². The lowest BCUT2D eigenvalue weighted by molar-refractivity contribution is 0.0519. The molecule has 0 saturated heterocycles. The van der Waals surface area contributed by atoms with Gasteiger partial charge in [-0.2, -0.15) is 0 Å². The lowest BCUT2D eigenvalue weighted by Gasteiger charge is -2.24. The fraction of sp³-hybridized carbons (Fsp3) is 0.556. The molecule has 2 atom stereocenters. The van der Waals surface area contributed by atoms with E-state index in [-0.39, 0.29) is 12.1 Å². The molecule has 0 aliphatic heterocycles. The van der Waals surface area contributed by atoms with Crippen molar-refractivity contribution >= 4 is 22.9 Å². The van der Waals surface area contributed by atoms with Crippen LogP contribution < -0.4 is 16.4 Å². The molecule has 2 aromatic rings. The Balaban J connectivity index is 1.59. The average Bonchev–Trinajstić information content (AvgIpc) is 3.08. The van der Waals surface area contributed by atoms with Gasteiger partial charge in [0.25, 0.3) is 0 Å². The van der Waals surface area contributed by atoms with Crippen LogP contribution >= 0.6 is 0 Å². The van der Waals surface area contributed by atoms with Gasteiger partial charge in [0.1, 0.15) is 5.60 Å². The molecule has 7 heteroatoms. The fourth-order valence-corrected chi connectivity index (χ4v) is 3.26. The molecule has 1 aromatic carbocycles. The number of fused-ring (bicyclic) bond motifs is 1. The number of ether oxygens (including phenoxy) is 1. The quantitative estimate of drug-likeness (QED) is 0.789. The van der Waals surface area contributed by atoms with Crippen LogP contribution in [0.25, 0.3) is 11.1 Å². The topological polar surface area (TPSA) is 96.4 Å². The first-order valence-corrected chi connectivity index (χ1v) is 8.66. The lowest BCUT2D eigenvalue weighted by atomic mass is 10.0. The summed E-state index contributed by atoms with van der Waals surface area (Å²) in [6.07, 6.45) is 2.83. The summed E-state index contributed by atoms with van der Waals surface area (Å²) < 4.78 is 10.3.